The Labute approximate surface area is 93.8 Å². The first-order valence-electron chi connectivity index (χ1n) is 5.51. The van der Waals surface area contributed by atoms with Gasteiger partial charge in [0.05, 0.1) is 18.3 Å². The molecule has 0 aliphatic carbocycles. The van der Waals surface area contributed by atoms with E-state index in [1.54, 1.807) is 0 Å². The van der Waals surface area contributed by atoms with Crippen molar-refractivity contribution in [1.29, 1.82) is 5.26 Å². The van der Waals surface area contributed by atoms with E-state index in [0.29, 0.717) is 19.1 Å². The lowest BCUT2D eigenvalue weighted by atomic mass is 9.99. The molecule has 0 aromatic carbocycles. The highest BCUT2D eigenvalue weighted by Crippen LogP contribution is 2.13. The highest BCUT2D eigenvalue weighted by atomic mass is 16.5. The molecule has 0 spiro atoms. The van der Waals surface area contributed by atoms with Crippen molar-refractivity contribution in [2.24, 2.45) is 0 Å². The summed E-state index contributed by atoms with van der Waals surface area (Å²) >= 11 is 0. The van der Waals surface area contributed by atoms with Gasteiger partial charge in [-0.1, -0.05) is 0 Å². The summed E-state index contributed by atoms with van der Waals surface area (Å²) in [7, 11) is 0. The van der Waals surface area contributed by atoms with Crippen LogP contribution in [0.4, 0.5) is 0 Å². The Morgan fingerprint density at radius 2 is 1.80 bits per heavy atom. The number of nitrogens with zero attached hydrogens (tertiary/aromatic N) is 1. The molecule has 1 unspecified atom stereocenters. The lowest BCUT2D eigenvalue weighted by molar-refractivity contribution is -0.00983. The van der Waals surface area contributed by atoms with E-state index in [9.17, 15) is 0 Å². The second-order valence-corrected chi connectivity index (χ2v) is 5.45. The zero-order valence-electron chi connectivity index (χ0n) is 10.8. The van der Waals surface area contributed by atoms with Crippen molar-refractivity contribution in [1.82, 2.24) is 5.32 Å². The van der Waals surface area contributed by atoms with Crippen molar-refractivity contribution in [2.75, 3.05) is 6.61 Å². The van der Waals surface area contributed by atoms with Gasteiger partial charge in [0.15, 0.2) is 0 Å². The van der Waals surface area contributed by atoms with Crippen LogP contribution in [0, 0.1) is 11.3 Å². The standard InChI is InChI=1S/C12H24N2O/c1-10(2)14-12(6,9-13)7-8-15-11(3,4)5/h10,14H,7-8H2,1-6H3. The molecule has 0 heterocycles. The molecule has 0 saturated heterocycles. The van der Waals surface area contributed by atoms with Gasteiger partial charge in [-0.2, -0.15) is 5.26 Å². The molecule has 0 bridgehead atoms. The smallest absolute Gasteiger partial charge is 0.106 e. The normalized spacial score (nSPS) is 16.1. The van der Waals surface area contributed by atoms with Crippen molar-refractivity contribution in [3.05, 3.63) is 0 Å². The van der Waals surface area contributed by atoms with Crippen LogP contribution in [0.25, 0.3) is 0 Å². The number of ether oxygens (including phenoxy) is 1. The van der Waals surface area contributed by atoms with E-state index in [0.717, 1.165) is 0 Å². The molecule has 0 aromatic rings. The molecular weight excluding hydrogens is 188 g/mol. The molecule has 3 heteroatoms. The highest BCUT2D eigenvalue weighted by molar-refractivity contribution is 5.04. The minimum Gasteiger partial charge on any atom is -0.376 e. The summed E-state index contributed by atoms with van der Waals surface area (Å²) in [5.74, 6) is 0. The summed E-state index contributed by atoms with van der Waals surface area (Å²) in [5, 5.41) is 12.3. The van der Waals surface area contributed by atoms with Crippen molar-refractivity contribution >= 4 is 0 Å². The van der Waals surface area contributed by atoms with Crippen LogP contribution in [0.15, 0.2) is 0 Å². The molecule has 0 rings (SSSR count). The lowest BCUT2D eigenvalue weighted by Gasteiger charge is -2.28. The topological polar surface area (TPSA) is 45.0 Å². The first-order valence-corrected chi connectivity index (χ1v) is 5.51. The predicted octanol–water partition coefficient (Wildman–Crippen LogP) is 2.47. The summed E-state index contributed by atoms with van der Waals surface area (Å²) in [6.45, 7) is 12.7. The van der Waals surface area contributed by atoms with Crippen molar-refractivity contribution in [3.63, 3.8) is 0 Å². The van der Waals surface area contributed by atoms with Crippen molar-refractivity contribution < 1.29 is 4.74 Å². The van der Waals surface area contributed by atoms with Gasteiger partial charge < -0.3 is 4.74 Å². The molecule has 0 saturated carbocycles. The Morgan fingerprint density at radius 3 is 2.13 bits per heavy atom. The van der Waals surface area contributed by atoms with Gasteiger partial charge in [0, 0.05) is 12.5 Å². The van der Waals surface area contributed by atoms with Gasteiger partial charge >= 0.3 is 0 Å². The van der Waals surface area contributed by atoms with Gasteiger partial charge in [0.2, 0.25) is 0 Å². The van der Waals surface area contributed by atoms with Crippen LogP contribution in [0.5, 0.6) is 0 Å². The third-order valence-corrected chi connectivity index (χ3v) is 1.99. The van der Waals surface area contributed by atoms with Crippen LogP contribution < -0.4 is 5.32 Å². The van der Waals surface area contributed by atoms with E-state index < -0.39 is 5.54 Å². The molecule has 0 radical (unpaired) electrons. The van der Waals surface area contributed by atoms with Crippen LogP contribution in [-0.2, 0) is 4.74 Å². The monoisotopic (exact) mass is 212 g/mol. The molecule has 15 heavy (non-hydrogen) atoms. The average molecular weight is 212 g/mol. The van der Waals surface area contributed by atoms with Crippen LogP contribution in [0.2, 0.25) is 0 Å². The van der Waals surface area contributed by atoms with Gasteiger partial charge in [-0.3, -0.25) is 5.32 Å². The minimum atomic E-state index is -0.487. The first kappa shape index (κ1) is 14.4. The maximum absolute atomic E-state index is 9.10. The predicted molar refractivity (Wildman–Crippen MR) is 62.6 cm³/mol. The fraction of sp³-hybridized carbons (Fsp3) is 0.917. The zero-order valence-corrected chi connectivity index (χ0v) is 10.8. The number of hydrogen-bond acceptors (Lipinski definition) is 3. The van der Waals surface area contributed by atoms with Crippen LogP contribution in [-0.4, -0.2) is 23.8 Å². The average Bonchev–Trinajstić information content (AvgIpc) is 2.00. The molecule has 88 valence electrons. The molecule has 0 aromatic heterocycles. The molecular formula is C12H24N2O. The SMILES string of the molecule is CC(C)NC(C)(C#N)CCOC(C)(C)C. The molecule has 0 amide bonds. The maximum atomic E-state index is 9.10. The minimum absolute atomic E-state index is 0.131. The zero-order chi connectivity index (χ0) is 12.1. The second-order valence-electron chi connectivity index (χ2n) is 5.45. The van der Waals surface area contributed by atoms with Gasteiger partial charge in [-0.15, -0.1) is 0 Å². The van der Waals surface area contributed by atoms with Crippen LogP contribution >= 0.6 is 0 Å². The fourth-order valence-electron chi connectivity index (χ4n) is 1.36. The van der Waals surface area contributed by atoms with Crippen LogP contribution in [0.1, 0.15) is 48.0 Å². The Morgan fingerprint density at radius 1 is 1.27 bits per heavy atom. The summed E-state index contributed by atoms with van der Waals surface area (Å²) in [6, 6.07) is 2.61. The lowest BCUT2D eigenvalue weighted by Crippen LogP contribution is -2.46. The highest BCUT2D eigenvalue weighted by Gasteiger charge is 2.24. The Balaban J connectivity index is 4.06. The third-order valence-electron chi connectivity index (χ3n) is 1.99. The summed E-state index contributed by atoms with van der Waals surface area (Å²) in [4.78, 5) is 0. The van der Waals surface area contributed by atoms with E-state index in [4.69, 9.17) is 10.00 Å². The van der Waals surface area contributed by atoms with E-state index in [-0.39, 0.29) is 5.60 Å². The maximum Gasteiger partial charge on any atom is 0.106 e. The van der Waals surface area contributed by atoms with Gasteiger partial charge in [0.1, 0.15) is 5.54 Å². The number of nitrogens with one attached hydrogen (secondary N) is 1. The van der Waals surface area contributed by atoms with Crippen molar-refractivity contribution in [3.8, 4) is 6.07 Å². The van der Waals surface area contributed by atoms with Gasteiger partial charge in [0.25, 0.3) is 0 Å². The number of rotatable bonds is 5. The largest absolute Gasteiger partial charge is 0.376 e. The second kappa shape index (κ2) is 5.48. The molecule has 1 N–H and O–H groups in total. The van der Waals surface area contributed by atoms with E-state index >= 15 is 0 Å². The third kappa shape index (κ3) is 7.35. The molecule has 3 nitrogen and oxygen atoms in total. The van der Waals surface area contributed by atoms with Crippen molar-refractivity contribution in [2.45, 2.75) is 65.1 Å². The van der Waals surface area contributed by atoms with Gasteiger partial charge in [-0.05, 0) is 41.5 Å². The van der Waals surface area contributed by atoms with Crippen LogP contribution in [0.3, 0.4) is 0 Å². The van der Waals surface area contributed by atoms with Gasteiger partial charge in [-0.25, -0.2) is 0 Å². The molecule has 1 atom stereocenters. The van der Waals surface area contributed by atoms with E-state index in [1.807, 2.05) is 41.5 Å². The van der Waals surface area contributed by atoms with E-state index in [2.05, 4.69) is 11.4 Å². The number of nitriles is 1. The molecule has 0 fully saturated rings. The van der Waals surface area contributed by atoms with E-state index in [1.165, 1.54) is 0 Å². The Bertz CT molecular complexity index is 225. The number of hydrogen-bond donors (Lipinski definition) is 1. The summed E-state index contributed by atoms with van der Waals surface area (Å²) in [6.07, 6.45) is 0.707. The fourth-order valence-corrected chi connectivity index (χ4v) is 1.36. The molecule has 0 aliphatic rings. The Hall–Kier alpha value is -0.590. The summed E-state index contributed by atoms with van der Waals surface area (Å²) in [5.41, 5.74) is -0.617. The summed E-state index contributed by atoms with van der Waals surface area (Å²) < 4.78 is 5.62. The Kier molecular flexibility index (Phi) is 5.27. The molecule has 0 aliphatic heterocycles. The first-order chi connectivity index (χ1) is 6.68. The quantitative estimate of drug-likeness (QED) is 0.761.